The average molecular weight is 324 g/mol. The number of piperidine rings is 1. The van der Waals surface area contributed by atoms with Gasteiger partial charge in [0.1, 0.15) is 0 Å². The first kappa shape index (κ1) is 18.2. The van der Waals surface area contributed by atoms with Crippen LogP contribution >= 0.6 is 0 Å². The molecule has 0 bridgehead atoms. The molecule has 2 amide bonds. The van der Waals surface area contributed by atoms with E-state index in [9.17, 15) is 14.7 Å². The third-order valence-corrected chi connectivity index (χ3v) is 5.71. The largest absolute Gasteiger partial charge is 0.393 e. The zero-order valence-corrected chi connectivity index (χ0v) is 14.7. The lowest BCUT2D eigenvalue weighted by atomic mass is 9.84. The molecule has 1 atom stereocenters. The summed E-state index contributed by atoms with van der Waals surface area (Å²) in [6.45, 7) is 3.37. The zero-order chi connectivity index (χ0) is 16.8. The highest BCUT2D eigenvalue weighted by molar-refractivity contribution is 5.83. The number of carbonyl (C=O) groups excluding carboxylic acids is 2. The first-order valence-electron chi connectivity index (χ1n) is 9.20. The first-order valence-corrected chi connectivity index (χ1v) is 9.20. The third kappa shape index (κ3) is 5.20. The van der Waals surface area contributed by atoms with E-state index in [1.54, 1.807) is 4.90 Å². The minimum absolute atomic E-state index is 0.0453. The molecule has 1 aliphatic heterocycles. The van der Waals surface area contributed by atoms with Crippen molar-refractivity contribution in [1.82, 2.24) is 9.80 Å². The number of hydrogen-bond donors (Lipinski definition) is 1. The molecule has 1 aliphatic carbocycles. The van der Waals surface area contributed by atoms with E-state index in [0.717, 1.165) is 0 Å². The molecule has 0 aromatic carbocycles. The first-order chi connectivity index (χ1) is 11.0. The van der Waals surface area contributed by atoms with E-state index in [1.165, 1.54) is 32.1 Å². The summed E-state index contributed by atoms with van der Waals surface area (Å²) in [6, 6.07) is 0.267. The van der Waals surface area contributed by atoms with Gasteiger partial charge in [-0.3, -0.25) is 9.59 Å². The van der Waals surface area contributed by atoms with Crippen molar-refractivity contribution in [3.63, 3.8) is 0 Å². The Balaban J connectivity index is 1.73. The molecule has 0 spiro atoms. The van der Waals surface area contributed by atoms with Crippen molar-refractivity contribution >= 4 is 11.8 Å². The Hall–Kier alpha value is -1.10. The van der Waals surface area contributed by atoms with Gasteiger partial charge in [0, 0.05) is 39.0 Å². The quantitative estimate of drug-likeness (QED) is 0.843. The average Bonchev–Trinajstić information content (AvgIpc) is 2.59. The summed E-state index contributed by atoms with van der Waals surface area (Å²) < 4.78 is 0. The van der Waals surface area contributed by atoms with E-state index >= 15 is 0 Å². The minimum atomic E-state index is -0.275. The lowest BCUT2D eigenvalue weighted by Crippen LogP contribution is -2.42. The predicted octanol–water partition coefficient (Wildman–Crippen LogP) is 2.18. The Labute approximate surface area is 140 Å². The van der Waals surface area contributed by atoms with E-state index in [2.05, 4.69) is 6.92 Å². The number of aliphatic hydroxyl groups is 1. The molecule has 1 saturated carbocycles. The van der Waals surface area contributed by atoms with Gasteiger partial charge in [-0.25, -0.2) is 0 Å². The van der Waals surface area contributed by atoms with E-state index in [-0.39, 0.29) is 30.4 Å². The molecule has 2 aliphatic rings. The molecule has 0 aromatic rings. The molecule has 2 rings (SSSR count). The number of rotatable bonds is 5. The van der Waals surface area contributed by atoms with Crippen molar-refractivity contribution in [1.29, 1.82) is 0 Å². The highest BCUT2D eigenvalue weighted by Gasteiger charge is 2.27. The van der Waals surface area contributed by atoms with Crippen molar-refractivity contribution in [2.24, 2.45) is 5.92 Å². The van der Waals surface area contributed by atoms with Crippen LogP contribution in [0.5, 0.6) is 0 Å². The maximum atomic E-state index is 12.4. The number of likely N-dealkylation sites (tertiary alicyclic amines) is 1. The van der Waals surface area contributed by atoms with Crippen LogP contribution in [0.15, 0.2) is 0 Å². The molecule has 5 nitrogen and oxygen atoms in total. The molecule has 0 aromatic heterocycles. The number of nitrogens with zero attached hydrogens (tertiary/aromatic N) is 2. The summed E-state index contributed by atoms with van der Waals surface area (Å²) in [5, 5.41) is 9.49. The fourth-order valence-corrected chi connectivity index (χ4v) is 3.82. The molecular formula is C18H32N2O3. The zero-order valence-electron chi connectivity index (χ0n) is 14.7. The second kappa shape index (κ2) is 8.67. The smallest absolute Gasteiger partial charge is 0.223 e. The van der Waals surface area contributed by atoms with Crippen LogP contribution in [0.2, 0.25) is 0 Å². The van der Waals surface area contributed by atoms with Gasteiger partial charge in [-0.15, -0.1) is 0 Å². The summed E-state index contributed by atoms with van der Waals surface area (Å²) in [5.41, 5.74) is 0. The molecule has 1 N–H and O–H groups in total. The van der Waals surface area contributed by atoms with Crippen LogP contribution in [0.1, 0.15) is 64.7 Å². The second-order valence-corrected chi connectivity index (χ2v) is 7.26. The van der Waals surface area contributed by atoms with E-state index in [1.807, 2.05) is 11.9 Å². The summed E-state index contributed by atoms with van der Waals surface area (Å²) in [6.07, 6.45) is 7.91. The van der Waals surface area contributed by atoms with E-state index in [0.29, 0.717) is 38.3 Å². The number of amides is 2. The molecule has 0 radical (unpaired) electrons. The van der Waals surface area contributed by atoms with Gasteiger partial charge >= 0.3 is 0 Å². The monoisotopic (exact) mass is 324 g/mol. The summed E-state index contributed by atoms with van der Waals surface area (Å²) in [7, 11) is 1.88. The van der Waals surface area contributed by atoms with Crippen LogP contribution in [0.25, 0.3) is 0 Å². The fourth-order valence-electron chi connectivity index (χ4n) is 3.82. The minimum Gasteiger partial charge on any atom is -0.393 e. The highest BCUT2D eigenvalue weighted by atomic mass is 16.3. The molecule has 1 saturated heterocycles. The van der Waals surface area contributed by atoms with Crippen LogP contribution in [0, 0.1) is 5.92 Å². The Morgan fingerprint density at radius 2 is 1.70 bits per heavy atom. The Kier molecular flexibility index (Phi) is 6.88. The van der Waals surface area contributed by atoms with E-state index in [4.69, 9.17) is 0 Å². The van der Waals surface area contributed by atoms with Crippen LogP contribution in [0.3, 0.4) is 0 Å². The maximum absolute atomic E-state index is 12.4. The maximum Gasteiger partial charge on any atom is 0.223 e. The Bertz CT molecular complexity index is 399. The van der Waals surface area contributed by atoms with Crippen LogP contribution in [-0.2, 0) is 9.59 Å². The Morgan fingerprint density at radius 3 is 2.30 bits per heavy atom. The molecule has 0 unspecified atom stereocenters. The SMILES string of the molecule is C[C@H](C1CCCCC1)N(C)C(=O)CCC(=O)N1CCC(O)CC1. The van der Waals surface area contributed by atoms with Gasteiger partial charge in [0.2, 0.25) is 11.8 Å². The summed E-state index contributed by atoms with van der Waals surface area (Å²) in [5.74, 6) is 0.731. The van der Waals surface area contributed by atoms with Crippen molar-refractivity contribution < 1.29 is 14.7 Å². The normalized spacial score (nSPS) is 22.0. The lowest BCUT2D eigenvalue weighted by molar-refractivity contribution is -0.139. The highest BCUT2D eigenvalue weighted by Crippen LogP contribution is 2.28. The predicted molar refractivity (Wildman–Crippen MR) is 89.9 cm³/mol. The second-order valence-electron chi connectivity index (χ2n) is 7.26. The molecule has 23 heavy (non-hydrogen) atoms. The van der Waals surface area contributed by atoms with Gasteiger partial charge in [-0.05, 0) is 38.5 Å². The van der Waals surface area contributed by atoms with Gasteiger partial charge in [0.15, 0.2) is 0 Å². The van der Waals surface area contributed by atoms with Gasteiger partial charge in [-0.2, -0.15) is 0 Å². The number of carbonyl (C=O) groups is 2. The van der Waals surface area contributed by atoms with Crippen molar-refractivity contribution in [3.8, 4) is 0 Å². The number of aliphatic hydroxyl groups excluding tert-OH is 1. The Morgan fingerprint density at radius 1 is 1.09 bits per heavy atom. The van der Waals surface area contributed by atoms with Gasteiger partial charge in [-0.1, -0.05) is 19.3 Å². The van der Waals surface area contributed by atoms with E-state index < -0.39 is 0 Å². The fraction of sp³-hybridized carbons (Fsp3) is 0.889. The van der Waals surface area contributed by atoms with Crippen molar-refractivity contribution in [2.75, 3.05) is 20.1 Å². The molecular weight excluding hydrogens is 292 g/mol. The third-order valence-electron chi connectivity index (χ3n) is 5.71. The van der Waals surface area contributed by atoms with Crippen molar-refractivity contribution in [3.05, 3.63) is 0 Å². The van der Waals surface area contributed by atoms with Crippen LogP contribution < -0.4 is 0 Å². The van der Waals surface area contributed by atoms with Gasteiger partial charge in [0.05, 0.1) is 6.10 Å². The summed E-state index contributed by atoms with van der Waals surface area (Å²) in [4.78, 5) is 28.2. The van der Waals surface area contributed by atoms with Gasteiger partial charge in [0.25, 0.3) is 0 Å². The van der Waals surface area contributed by atoms with Crippen molar-refractivity contribution in [2.45, 2.75) is 76.9 Å². The lowest BCUT2D eigenvalue weighted by Gasteiger charge is -2.34. The van der Waals surface area contributed by atoms with Crippen LogP contribution in [-0.4, -0.2) is 59.0 Å². The van der Waals surface area contributed by atoms with Crippen LogP contribution in [0.4, 0.5) is 0 Å². The molecule has 132 valence electrons. The summed E-state index contributed by atoms with van der Waals surface area (Å²) >= 11 is 0. The molecule has 1 heterocycles. The topological polar surface area (TPSA) is 60.9 Å². The molecule has 5 heteroatoms. The number of hydrogen-bond acceptors (Lipinski definition) is 3. The standard InChI is InChI=1S/C18H32N2O3/c1-14(15-6-4-3-5-7-15)19(2)17(22)8-9-18(23)20-12-10-16(21)11-13-20/h14-16,21H,3-13H2,1-2H3/t14-/m1/s1. The molecule has 2 fully saturated rings. The van der Waals surface area contributed by atoms with Gasteiger partial charge < -0.3 is 14.9 Å².